The Hall–Kier alpha value is 0.01000. The molecular formula is C12H21NS2. The van der Waals surface area contributed by atoms with E-state index in [0.29, 0.717) is 0 Å². The maximum absolute atomic E-state index is 3.50. The molecule has 1 heterocycles. The van der Waals surface area contributed by atoms with Crippen LogP contribution in [0.25, 0.3) is 0 Å². The lowest BCUT2D eigenvalue weighted by atomic mass is 10.3. The number of thioether (sulfide) groups is 1. The summed E-state index contributed by atoms with van der Waals surface area (Å²) in [6.45, 7) is 8.78. The fourth-order valence-corrected chi connectivity index (χ4v) is 3.05. The third-order valence-corrected chi connectivity index (χ3v) is 4.50. The first-order valence-electron chi connectivity index (χ1n) is 5.58. The number of rotatable bonds is 7. The van der Waals surface area contributed by atoms with Crippen molar-refractivity contribution in [3.8, 4) is 0 Å². The number of hydrogen-bond donors (Lipinski definition) is 1. The highest BCUT2D eigenvalue weighted by atomic mass is 32.2. The molecule has 0 bridgehead atoms. The normalized spacial score (nSPS) is 10.9. The number of aryl methyl sites for hydroxylation is 2. The Labute approximate surface area is 102 Å². The number of nitrogens with one attached hydrogen (secondary N) is 1. The van der Waals surface area contributed by atoms with Gasteiger partial charge in [0.1, 0.15) is 0 Å². The molecule has 0 fully saturated rings. The molecule has 0 aliphatic heterocycles. The van der Waals surface area contributed by atoms with E-state index in [1.807, 2.05) is 23.1 Å². The Balaban J connectivity index is 2.10. The monoisotopic (exact) mass is 243 g/mol. The summed E-state index contributed by atoms with van der Waals surface area (Å²) >= 11 is 3.94. The number of thiophene rings is 1. The van der Waals surface area contributed by atoms with Crippen LogP contribution in [0.4, 0.5) is 0 Å². The van der Waals surface area contributed by atoms with Gasteiger partial charge in [-0.1, -0.05) is 6.92 Å². The van der Waals surface area contributed by atoms with Gasteiger partial charge in [0.15, 0.2) is 0 Å². The third-order valence-electron chi connectivity index (χ3n) is 2.36. The molecule has 0 aliphatic carbocycles. The average molecular weight is 243 g/mol. The van der Waals surface area contributed by atoms with Gasteiger partial charge in [-0.3, -0.25) is 0 Å². The summed E-state index contributed by atoms with van der Waals surface area (Å²) in [5, 5.41) is 3.50. The first-order valence-corrected chi connectivity index (χ1v) is 7.55. The van der Waals surface area contributed by atoms with Crippen LogP contribution >= 0.6 is 23.1 Å². The molecule has 0 spiro atoms. The molecule has 0 radical (unpaired) electrons. The quantitative estimate of drug-likeness (QED) is 0.734. The summed E-state index contributed by atoms with van der Waals surface area (Å²) in [6.07, 6.45) is 1.28. The minimum Gasteiger partial charge on any atom is -0.312 e. The molecule has 0 unspecified atom stereocenters. The molecule has 86 valence electrons. The maximum atomic E-state index is 3.50. The Morgan fingerprint density at radius 2 is 2.20 bits per heavy atom. The van der Waals surface area contributed by atoms with Crippen LogP contribution in [-0.4, -0.2) is 18.1 Å². The molecule has 15 heavy (non-hydrogen) atoms. The summed E-state index contributed by atoms with van der Waals surface area (Å²) in [6, 6.07) is 2.30. The predicted octanol–water partition coefficient (Wildman–Crippen LogP) is 3.60. The summed E-state index contributed by atoms with van der Waals surface area (Å²) < 4.78 is 0. The lowest BCUT2D eigenvalue weighted by Gasteiger charge is -2.02. The van der Waals surface area contributed by atoms with Gasteiger partial charge in [0, 0.05) is 16.3 Å². The van der Waals surface area contributed by atoms with Crippen LogP contribution in [0.15, 0.2) is 6.07 Å². The van der Waals surface area contributed by atoms with Gasteiger partial charge in [-0.15, -0.1) is 11.3 Å². The zero-order valence-corrected chi connectivity index (χ0v) is 11.6. The molecule has 0 aromatic carbocycles. The standard InChI is InChI=1S/C12H21NS2/c1-4-14-7-5-6-13-9-12-8-10(2)11(3)15-12/h8,13H,4-7,9H2,1-3H3. The van der Waals surface area contributed by atoms with E-state index < -0.39 is 0 Å². The van der Waals surface area contributed by atoms with E-state index in [1.165, 1.54) is 33.2 Å². The van der Waals surface area contributed by atoms with E-state index in [-0.39, 0.29) is 0 Å². The molecule has 1 aromatic rings. The molecular weight excluding hydrogens is 222 g/mol. The van der Waals surface area contributed by atoms with Gasteiger partial charge in [0.2, 0.25) is 0 Å². The largest absolute Gasteiger partial charge is 0.312 e. The van der Waals surface area contributed by atoms with Crippen molar-refractivity contribution in [1.82, 2.24) is 5.32 Å². The zero-order valence-electron chi connectivity index (χ0n) is 9.93. The minimum absolute atomic E-state index is 1.04. The van der Waals surface area contributed by atoms with Crippen LogP contribution in [0.3, 0.4) is 0 Å². The zero-order chi connectivity index (χ0) is 11.1. The van der Waals surface area contributed by atoms with Crippen molar-refractivity contribution >= 4 is 23.1 Å². The molecule has 1 nitrogen and oxygen atoms in total. The summed E-state index contributed by atoms with van der Waals surface area (Å²) in [7, 11) is 0. The van der Waals surface area contributed by atoms with Crippen molar-refractivity contribution in [2.45, 2.75) is 33.7 Å². The molecule has 1 N–H and O–H groups in total. The highest BCUT2D eigenvalue weighted by Gasteiger charge is 2.00. The molecule has 0 amide bonds. The fourth-order valence-electron chi connectivity index (χ4n) is 1.39. The Morgan fingerprint density at radius 1 is 1.40 bits per heavy atom. The van der Waals surface area contributed by atoms with Crippen molar-refractivity contribution in [2.24, 2.45) is 0 Å². The second-order valence-corrected chi connectivity index (χ2v) is 6.41. The minimum atomic E-state index is 1.04. The van der Waals surface area contributed by atoms with Crippen molar-refractivity contribution < 1.29 is 0 Å². The molecule has 1 rings (SSSR count). The second kappa shape index (κ2) is 7.31. The smallest absolute Gasteiger partial charge is 0.0299 e. The lowest BCUT2D eigenvalue weighted by Crippen LogP contribution is -2.14. The summed E-state index contributed by atoms with van der Waals surface area (Å²) in [4.78, 5) is 2.92. The third kappa shape index (κ3) is 5.05. The number of hydrogen-bond acceptors (Lipinski definition) is 3. The van der Waals surface area contributed by atoms with E-state index in [2.05, 4.69) is 32.2 Å². The highest BCUT2D eigenvalue weighted by molar-refractivity contribution is 7.99. The first-order chi connectivity index (χ1) is 7.24. The first kappa shape index (κ1) is 13.1. The summed E-state index contributed by atoms with van der Waals surface area (Å²) in [5.74, 6) is 2.52. The van der Waals surface area contributed by atoms with Crippen molar-refractivity contribution in [3.05, 3.63) is 21.4 Å². The van der Waals surface area contributed by atoms with E-state index in [9.17, 15) is 0 Å². The highest BCUT2D eigenvalue weighted by Crippen LogP contribution is 2.20. The topological polar surface area (TPSA) is 12.0 Å². The van der Waals surface area contributed by atoms with Gasteiger partial charge in [-0.05, 0) is 49.9 Å². The van der Waals surface area contributed by atoms with Crippen LogP contribution in [0.1, 0.15) is 28.7 Å². The second-order valence-electron chi connectivity index (χ2n) is 3.68. The summed E-state index contributed by atoms with van der Waals surface area (Å²) in [5.41, 5.74) is 1.43. The van der Waals surface area contributed by atoms with Gasteiger partial charge >= 0.3 is 0 Å². The van der Waals surface area contributed by atoms with E-state index in [0.717, 1.165) is 13.1 Å². The van der Waals surface area contributed by atoms with Crippen LogP contribution in [0.2, 0.25) is 0 Å². The maximum Gasteiger partial charge on any atom is 0.0299 e. The van der Waals surface area contributed by atoms with Gasteiger partial charge in [-0.25, -0.2) is 0 Å². The van der Waals surface area contributed by atoms with Gasteiger partial charge in [0.05, 0.1) is 0 Å². The SMILES string of the molecule is CCSCCCNCc1cc(C)c(C)s1. The molecule has 0 saturated carbocycles. The predicted molar refractivity (Wildman–Crippen MR) is 73.1 cm³/mol. The molecule has 0 saturated heterocycles. The van der Waals surface area contributed by atoms with E-state index in [4.69, 9.17) is 0 Å². The van der Waals surface area contributed by atoms with Gasteiger partial charge < -0.3 is 5.32 Å². The Kier molecular flexibility index (Phi) is 6.37. The Morgan fingerprint density at radius 3 is 2.80 bits per heavy atom. The average Bonchev–Trinajstić information content (AvgIpc) is 2.52. The molecule has 0 aliphatic rings. The lowest BCUT2D eigenvalue weighted by molar-refractivity contribution is 0.685. The molecule has 1 aromatic heterocycles. The van der Waals surface area contributed by atoms with E-state index >= 15 is 0 Å². The van der Waals surface area contributed by atoms with Crippen molar-refractivity contribution in [2.75, 3.05) is 18.1 Å². The van der Waals surface area contributed by atoms with Crippen molar-refractivity contribution in [3.63, 3.8) is 0 Å². The molecule has 3 heteroatoms. The molecule has 0 atom stereocenters. The Bertz CT molecular complexity index is 262. The van der Waals surface area contributed by atoms with Gasteiger partial charge in [0.25, 0.3) is 0 Å². The van der Waals surface area contributed by atoms with Crippen LogP contribution < -0.4 is 5.32 Å². The van der Waals surface area contributed by atoms with Crippen molar-refractivity contribution in [1.29, 1.82) is 0 Å². The van der Waals surface area contributed by atoms with E-state index in [1.54, 1.807) is 0 Å². The fraction of sp³-hybridized carbons (Fsp3) is 0.667. The van der Waals surface area contributed by atoms with Crippen LogP contribution in [0, 0.1) is 13.8 Å². The van der Waals surface area contributed by atoms with Crippen LogP contribution in [-0.2, 0) is 6.54 Å². The van der Waals surface area contributed by atoms with Gasteiger partial charge in [-0.2, -0.15) is 11.8 Å². The van der Waals surface area contributed by atoms with Crippen LogP contribution in [0.5, 0.6) is 0 Å².